The molecule has 0 saturated heterocycles. The number of benzene rings is 3. The summed E-state index contributed by atoms with van der Waals surface area (Å²) >= 11 is 0. The highest BCUT2D eigenvalue weighted by Gasteiger charge is 2.35. The highest BCUT2D eigenvalue weighted by Crippen LogP contribution is 2.49. The Morgan fingerprint density at radius 2 is 1.55 bits per heavy atom. The summed E-state index contributed by atoms with van der Waals surface area (Å²) in [5, 5.41) is 3.59. The van der Waals surface area contributed by atoms with Crippen molar-refractivity contribution in [3.8, 4) is 11.1 Å². The molecule has 1 heteroatoms. The van der Waals surface area contributed by atoms with Gasteiger partial charge in [0.2, 0.25) is 0 Å². The van der Waals surface area contributed by atoms with Gasteiger partial charge in [-0.15, -0.1) is 0 Å². The summed E-state index contributed by atoms with van der Waals surface area (Å²) in [7, 11) is 0. The molecule has 29 heavy (non-hydrogen) atoms. The van der Waals surface area contributed by atoms with E-state index in [1.54, 1.807) is 0 Å². The Labute approximate surface area is 174 Å². The maximum absolute atomic E-state index is 3.59. The van der Waals surface area contributed by atoms with Crippen molar-refractivity contribution in [3.05, 3.63) is 102 Å². The van der Waals surface area contributed by atoms with E-state index in [0.717, 1.165) is 17.8 Å². The minimum atomic E-state index is 0.0276. The van der Waals surface area contributed by atoms with Gasteiger partial charge in [-0.1, -0.05) is 81.5 Å². The second-order valence-electron chi connectivity index (χ2n) is 8.20. The number of fused-ring (bicyclic) bond motifs is 3. The molecular formula is C28H29N. The fourth-order valence-corrected chi connectivity index (χ4v) is 4.38. The fraction of sp³-hybridized carbons (Fsp3) is 0.214. The van der Waals surface area contributed by atoms with E-state index in [1.165, 1.54) is 33.4 Å². The molecule has 0 radical (unpaired) electrons. The van der Waals surface area contributed by atoms with Crippen molar-refractivity contribution in [2.75, 3.05) is 5.32 Å². The van der Waals surface area contributed by atoms with Gasteiger partial charge in [-0.25, -0.2) is 0 Å². The van der Waals surface area contributed by atoms with Gasteiger partial charge in [0.05, 0.1) is 0 Å². The summed E-state index contributed by atoms with van der Waals surface area (Å²) in [5.74, 6) is 0. The van der Waals surface area contributed by atoms with Crippen molar-refractivity contribution in [1.29, 1.82) is 0 Å². The third-order valence-electron chi connectivity index (χ3n) is 5.86. The zero-order chi connectivity index (χ0) is 20.4. The van der Waals surface area contributed by atoms with Gasteiger partial charge in [0, 0.05) is 16.8 Å². The molecule has 3 aromatic carbocycles. The number of nitrogens with one attached hydrogen (secondary N) is 1. The lowest BCUT2D eigenvalue weighted by Crippen LogP contribution is -2.15. The van der Waals surface area contributed by atoms with Crippen LogP contribution >= 0.6 is 0 Å². The Morgan fingerprint density at radius 1 is 0.862 bits per heavy atom. The first-order chi connectivity index (χ1) is 14.0. The Hall–Kier alpha value is -3.06. The molecule has 0 heterocycles. The lowest BCUT2D eigenvalue weighted by molar-refractivity contribution is 0.660. The molecule has 0 bridgehead atoms. The quantitative estimate of drug-likeness (QED) is 0.441. The Kier molecular flexibility index (Phi) is 5.15. The van der Waals surface area contributed by atoms with Crippen LogP contribution in [0.15, 0.2) is 85.0 Å². The second-order valence-corrected chi connectivity index (χ2v) is 8.20. The zero-order valence-corrected chi connectivity index (χ0v) is 17.8. The maximum Gasteiger partial charge on any atom is 0.0387 e. The van der Waals surface area contributed by atoms with E-state index < -0.39 is 0 Å². The van der Waals surface area contributed by atoms with Crippen LogP contribution in [-0.2, 0) is 5.41 Å². The van der Waals surface area contributed by atoms with E-state index in [1.807, 2.05) is 0 Å². The van der Waals surface area contributed by atoms with Crippen molar-refractivity contribution in [2.45, 2.75) is 39.5 Å². The minimum Gasteiger partial charge on any atom is -0.356 e. The van der Waals surface area contributed by atoms with Gasteiger partial charge < -0.3 is 5.32 Å². The van der Waals surface area contributed by atoms with E-state index >= 15 is 0 Å². The highest BCUT2D eigenvalue weighted by atomic mass is 14.9. The van der Waals surface area contributed by atoms with Crippen LogP contribution in [0.5, 0.6) is 0 Å². The number of allylic oxidation sites excluding steroid dienone is 4. The van der Waals surface area contributed by atoms with E-state index in [9.17, 15) is 0 Å². The average Bonchev–Trinajstić information content (AvgIpc) is 2.96. The molecule has 1 aliphatic rings. The van der Waals surface area contributed by atoms with Crippen molar-refractivity contribution < 1.29 is 0 Å². The lowest BCUT2D eigenvalue weighted by atomic mass is 9.82. The van der Waals surface area contributed by atoms with Gasteiger partial charge in [-0.3, -0.25) is 0 Å². The lowest BCUT2D eigenvalue weighted by Gasteiger charge is -2.22. The summed E-state index contributed by atoms with van der Waals surface area (Å²) in [4.78, 5) is 0. The standard InChI is InChI=1S/C28H29N/c1-5-9-20(10-6-2)21-13-15-22(16-14-21)29-23-17-18-25-24-11-7-8-12-26(24)28(3,4)27(25)19-23/h5,7-19,29H,6H2,1-4H3/b9-5-,20-10+. The maximum atomic E-state index is 3.59. The molecule has 1 nitrogen and oxygen atoms in total. The Balaban J connectivity index is 1.61. The molecule has 3 aromatic rings. The first-order valence-corrected chi connectivity index (χ1v) is 10.5. The third-order valence-corrected chi connectivity index (χ3v) is 5.86. The first-order valence-electron chi connectivity index (χ1n) is 10.5. The topological polar surface area (TPSA) is 12.0 Å². The molecule has 0 unspecified atom stereocenters. The van der Waals surface area contributed by atoms with E-state index in [-0.39, 0.29) is 5.41 Å². The van der Waals surface area contributed by atoms with Crippen molar-refractivity contribution in [3.63, 3.8) is 0 Å². The summed E-state index contributed by atoms with van der Waals surface area (Å²) < 4.78 is 0. The Bertz CT molecular complexity index is 1080. The molecule has 1 N–H and O–H groups in total. The van der Waals surface area contributed by atoms with Crippen molar-refractivity contribution in [2.24, 2.45) is 0 Å². The van der Waals surface area contributed by atoms with Crippen molar-refractivity contribution in [1.82, 2.24) is 0 Å². The van der Waals surface area contributed by atoms with Gasteiger partial charge in [0.25, 0.3) is 0 Å². The molecule has 0 spiro atoms. The zero-order valence-electron chi connectivity index (χ0n) is 17.8. The monoisotopic (exact) mass is 379 g/mol. The Morgan fingerprint density at radius 3 is 2.28 bits per heavy atom. The van der Waals surface area contributed by atoms with Gasteiger partial charge in [0.1, 0.15) is 0 Å². The predicted octanol–water partition coefficient (Wildman–Crippen LogP) is 8.11. The van der Waals surface area contributed by atoms with Crippen LogP contribution in [0.2, 0.25) is 0 Å². The molecule has 146 valence electrons. The molecular weight excluding hydrogens is 350 g/mol. The molecule has 0 aromatic heterocycles. The summed E-state index contributed by atoms with van der Waals surface area (Å²) in [6.45, 7) is 8.87. The smallest absolute Gasteiger partial charge is 0.0387 e. The summed E-state index contributed by atoms with van der Waals surface area (Å²) in [6.07, 6.45) is 7.57. The third kappa shape index (κ3) is 3.53. The van der Waals surface area contributed by atoms with Crippen LogP contribution in [-0.4, -0.2) is 0 Å². The van der Waals surface area contributed by atoms with Crippen LogP contribution in [0.4, 0.5) is 11.4 Å². The molecule has 0 aliphatic heterocycles. The van der Waals surface area contributed by atoms with E-state index in [0.29, 0.717) is 0 Å². The normalized spacial score (nSPS) is 14.7. The number of hydrogen-bond donors (Lipinski definition) is 1. The van der Waals surface area contributed by atoms with Crippen LogP contribution < -0.4 is 5.32 Å². The van der Waals surface area contributed by atoms with Crippen LogP contribution in [0.3, 0.4) is 0 Å². The average molecular weight is 380 g/mol. The minimum absolute atomic E-state index is 0.0276. The molecule has 0 fully saturated rings. The molecule has 4 rings (SSSR count). The van der Waals surface area contributed by atoms with E-state index in [2.05, 4.69) is 118 Å². The second kappa shape index (κ2) is 7.75. The van der Waals surface area contributed by atoms with Crippen molar-refractivity contribution >= 4 is 16.9 Å². The predicted molar refractivity (Wildman–Crippen MR) is 127 cm³/mol. The SMILES string of the molecule is C/C=C\C(=C/CC)c1ccc(Nc2ccc3c(c2)C(C)(C)c2ccccc2-3)cc1. The molecule has 0 amide bonds. The van der Waals surface area contributed by atoms with Gasteiger partial charge in [-0.2, -0.15) is 0 Å². The largest absolute Gasteiger partial charge is 0.356 e. The van der Waals surface area contributed by atoms with Gasteiger partial charge in [0.15, 0.2) is 0 Å². The van der Waals surface area contributed by atoms with Crippen LogP contribution in [0, 0.1) is 0 Å². The van der Waals surface area contributed by atoms with Gasteiger partial charge >= 0.3 is 0 Å². The molecule has 1 aliphatic carbocycles. The molecule has 0 atom stereocenters. The summed E-state index contributed by atoms with van der Waals surface area (Å²) in [5.41, 5.74) is 10.3. The number of rotatable bonds is 5. The first kappa shape index (κ1) is 19.3. The number of anilines is 2. The molecule has 0 saturated carbocycles. The highest BCUT2D eigenvalue weighted by molar-refractivity contribution is 5.83. The van der Waals surface area contributed by atoms with E-state index in [4.69, 9.17) is 0 Å². The summed E-state index contributed by atoms with van der Waals surface area (Å²) in [6, 6.07) is 24.2. The van der Waals surface area contributed by atoms with Gasteiger partial charge in [-0.05, 0) is 71.0 Å². The van der Waals surface area contributed by atoms with Crippen LogP contribution in [0.1, 0.15) is 50.8 Å². The van der Waals surface area contributed by atoms with Crippen LogP contribution in [0.25, 0.3) is 16.7 Å². The number of hydrogen-bond acceptors (Lipinski definition) is 1. The fourth-order valence-electron chi connectivity index (χ4n) is 4.38.